The maximum absolute atomic E-state index is 5.57. The number of thiocarbonyl (C=S) groups is 1. The maximum Gasteiger partial charge on any atom is 0.208 e. The van der Waals surface area contributed by atoms with Gasteiger partial charge in [0.15, 0.2) is 0 Å². The molecule has 0 amide bonds. The van der Waals surface area contributed by atoms with Gasteiger partial charge in [0.1, 0.15) is 17.1 Å². The van der Waals surface area contributed by atoms with Gasteiger partial charge in [-0.3, -0.25) is 4.68 Å². The van der Waals surface area contributed by atoms with Crippen molar-refractivity contribution >= 4 is 17.2 Å². The summed E-state index contributed by atoms with van der Waals surface area (Å²) in [5, 5.41) is 4.14. The number of ether oxygens (including phenoxy) is 1. The van der Waals surface area contributed by atoms with Gasteiger partial charge in [0, 0.05) is 13.0 Å². The Morgan fingerprint density at radius 2 is 2.11 bits per heavy atom. The van der Waals surface area contributed by atoms with Gasteiger partial charge >= 0.3 is 0 Å². The fraction of sp³-hybridized carbons (Fsp3) is 0.250. The van der Waals surface area contributed by atoms with Gasteiger partial charge in [-0.05, 0) is 12.1 Å². The van der Waals surface area contributed by atoms with Gasteiger partial charge in [0.2, 0.25) is 5.82 Å². The van der Waals surface area contributed by atoms with Gasteiger partial charge in [0.05, 0.1) is 6.61 Å². The monoisotopic (exact) mass is 262 g/mol. The van der Waals surface area contributed by atoms with Crippen LogP contribution in [-0.4, -0.2) is 26.4 Å². The number of nitrogens with two attached hydrogens (primary N) is 1. The summed E-state index contributed by atoms with van der Waals surface area (Å²) in [5.41, 5.74) is 5.43. The molecule has 0 aliphatic heterocycles. The van der Waals surface area contributed by atoms with Crippen LogP contribution in [0.5, 0.6) is 5.75 Å². The van der Waals surface area contributed by atoms with Gasteiger partial charge in [-0.25, -0.2) is 4.98 Å². The number of para-hydroxylation sites is 1. The molecule has 1 aromatic heterocycles. The van der Waals surface area contributed by atoms with Gasteiger partial charge in [-0.1, -0.05) is 30.4 Å². The molecular weight excluding hydrogens is 248 g/mol. The molecule has 18 heavy (non-hydrogen) atoms. The number of nitrogens with zero attached hydrogens (tertiary/aromatic N) is 3. The lowest BCUT2D eigenvalue weighted by molar-refractivity contribution is 0.298. The highest BCUT2D eigenvalue weighted by Gasteiger charge is 2.02. The lowest BCUT2D eigenvalue weighted by atomic mass is 10.3. The molecule has 0 fully saturated rings. The van der Waals surface area contributed by atoms with Crippen LogP contribution in [-0.2, 0) is 6.54 Å². The molecule has 94 valence electrons. The number of benzene rings is 1. The minimum atomic E-state index is 0.217. The molecule has 6 heteroatoms. The Balaban J connectivity index is 1.73. The predicted octanol–water partition coefficient (Wildman–Crippen LogP) is 1.38. The Hall–Kier alpha value is -1.95. The van der Waals surface area contributed by atoms with Crippen LogP contribution in [0.1, 0.15) is 12.2 Å². The van der Waals surface area contributed by atoms with E-state index in [1.165, 1.54) is 0 Å². The third kappa shape index (κ3) is 3.53. The van der Waals surface area contributed by atoms with Gasteiger partial charge in [-0.15, -0.1) is 5.10 Å². The number of hydrogen-bond donors (Lipinski definition) is 1. The van der Waals surface area contributed by atoms with Crippen molar-refractivity contribution in [3.63, 3.8) is 0 Å². The van der Waals surface area contributed by atoms with Crippen LogP contribution in [0.2, 0.25) is 0 Å². The Labute approximate surface area is 111 Å². The van der Waals surface area contributed by atoms with Crippen molar-refractivity contribution in [3.05, 3.63) is 42.5 Å². The number of aromatic nitrogens is 3. The highest BCUT2D eigenvalue weighted by Crippen LogP contribution is 2.08. The predicted molar refractivity (Wildman–Crippen MR) is 72.5 cm³/mol. The fourth-order valence-electron chi connectivity index (χ4n) is 1.45. The molecule has 0 saturated carbocycles. The van der Waals surface area contributed by atoms with Crippen molar-refractivity contribution in [3.8, 4) is 5.75 Å². The van der Waals surface area contributed by atoms with Gasteiger partial charge < -0.3 is 10.5 Å². The molecule has 0 aliphatic rings. The van der Waals surface area contributed by atoms with E-state index in [9.17, 15) is 0 Å². The molecule has 5 nitrogen and oxygen atoms in total. The molecule has 0 atom stereocenters. The first-order chi connectivity index (χ1) is 8.75. The van der Waals surface area contributed by atoms with Gasteiger partial charge in [-0.2, -0.15) is 0 Å². The summed E-state index contributed by atoms with van der Waals surface area (Å²) in [4.78, 5) is 4.21. The van der Waals surface area contributed by atoms with E-state index in [-0.39, 0.29) is 4.99 Å². The zero-order valence-corrected chi connectivity index (χ0v) is 10.6. The van der Waals surface area contributed by atoms with E-state index < -0.39 is 0 Å². The normalized spacial score (nSPS) is 10.2. The van der Waals surface area contributed by atoms with E-state index in [4.69, 9.17) is 22.7 Å². The first-order valence-corrected chi connectivity index (χ1v) is 6.03. The summed E-state index contributed by atoms with van der Waals surface area (Å²) in [6, 6.07) is 9.71. The average Bonchev–Trinajstić information content (AvgIpc) is 2.85. The molecule has 0 aliphatic carbocycles. The summed E-state index contributed by atoms with van der Waals surface area (Å²) in [7, 11) is 0. The van der Waals surface area contributed by atoms with Crippen molar-refractivity contribution in [2.24, 2.45) is 5.73 Å². The first kappa shape index (κ1) is 12.5. The van der Waals surface area contributed by atoms with Crippen LogP contribution >= 0.6 is 12.2 Å². The van der Waals surface area contributed by atoms with E-state index >= 15 is 0 Å². The molecule has 0 unspecified atom stereocenters. The maximum atomic E-state index is 5.57. The Morgan fingerprint density at radius 1 is 1.33 bits per heavy atom. The van der Waals surface area contributed by atoms with E-state index in [2.05, 4.69) is 10.1 Å². The van der Waals surface area contributed by atoms with E-state index in [0.717, 1.165) is 18.7 Å². The smallest absolute Gasteiger partial charge is 0.208 e. The van der Waals surface area contributed by atoms with Crippen LogP contribution in [0.3, 0.4) is 0 Å². The van der Waals surface area contributed by atoms with Crippen molar-refractivity contribution in [1.29, 1.82) is 0 Å². The summed E-state index contributed by atoms with van der Waals surface area (Å²) in [6.45, 7) is 1.36. The topological polar surface area (TPSA) is 66.0 Å². The summed E-state index contributed by atoms with van der Waals surface area (Å²) < 4.78 is 7.28. The van der Waals surface area contributed by atoms with Gasteiger partial charge in [0.25, 0.3) is 0 Å². The quantitative estimate of drug-likeness (QED) is 0.629. The first-order valence-electron chi connectivity index (χ1n) is 5.63. The molecule has 2 N–H and O–H groups in total. The number of aryl methyl sites for hydroxylation is 1. The Morgan fingerprint density at radius 3 is 2.78 bits per heavy atom. The average molecular weight is 262 g/mol. The van der Waals surface area contributed by atoms with E-state index in [1.807, 2.05) is 30.3 Å². The molecular formula is C12H14N4OS. The zero-order valence-electron chi connectivity index (χ0n) is 9.82. The minimum absolute atomic E-state index is 0.217. The van der Waals surface area contributed by atoms with Crippen LogP contribution in [0, 0.1) is 0 Å². The molecule has 2 rings (SSSR count). The van der Waals surface area contributed by atoms with Crippen molar-refractivity contribution in [2.75, 3.05) is 6.61 Å². The van der Waals surface area contributed by atoms with Crippen LogP contribution < -0.4 is 10.5 Å². The molecule has 1 heterocycles. The molecule has 0 bridgehead atoms. The van der Waals surface area contributed by atoms with Crippen LogP contribution in [0.15, 0.2) is 36.7 Å². The largest absolute Gasteiger partial charge is 0.494 e. The second-order valence-corrected chi connectivity index (χ2v) is 4.15. The Kier molecular flexibility index (Phi) is 4.25. The van der Waals surface area contributed by atoms with Crippen molar-refractivity contribution in [2.45, 2.75) is 13.0 Å². The summed E-state index contributed by atoms with van der Waals surface area (Å²) in [5.74, 6) is 1.29. The van der Waals surface area contributed by atoms with E-state index in [0.29, 0.717) is 12.4 Å². The molecule has 1 aromatic carbocycles. The van der Waals surface area contributed by atoms with Crippen molar-refractivity contribution in [1.82, 2.24) is 14.8 Å². The number of hydrogen-bond acceptors (Lipinski definition) is 4. The van der Waals surface area contributed by atoms with Crippen LogP contribution in [0.25, 0.3) is 0 Å². The molecule has 0 radical (unpaired) electrons. The fourth-order valence-corrected chi connectivity index (χ4v) is 1.54. The third-order valence-corrected chi connectivity index (χ3v) is 2.48. The highest BCUT2D eigenvalue weighted by atomic mass is 32.1. The van der Waals surface area contributed by atoms with Crippen LogP contribution in [0.4, 0.5) is 0 Å². The Bertz CT molecular complexity index is 512. The standard InChI is InChI=1S/C12H14N4OS/c13-11(18)12-14-9-16(15-12)7-4-8-17-10-5-2-1-3-6-10/h1-3,5-6,9H,4,7-8H2,(H2,13,18). The number of rotatable bonds is 6. The van der Waals surface area contributed by atoms with Crippen molar-refractivity contribution < 1.29 is 4.74 Å². The second kappa shape index (κ2) is 6.11. The molecule has 0 spiro atoms. The SMILES string of the molecule is NC(=S)c1ncn(CCCOc2ccccc2)n1. The zero-order chi connectivity index (χ0) is 12.8. The third-order valence-electron chi connectivity index (χ3n) is 2.30. The minimum Gasteiger partial charge on any atom is -0.494 e. The molecule has 2 aromatic rings. The molecule has 0 saturated heterocycles. The lowest BCUT2D eigenvalue weighted by Crippen LogP contribution is -2.12. The second-order valence-electron chi connectivity index (χ2n) is 3.71. The van der Waals surface area contributed by atoms with E-state index in [1.54, 1.807) is 11.0 Å². The lowest BCUT2D eigenvalue weighted by Gasteiger charge is -2.05. The summed E-state index contributed by atoms with van der Waals surface area (Å²) >= 11 is 4.79. The highest BCUT2D eigenvalue weighted by molar-refractivity contribution is 7.80. The summed E-state index contributed by atoms with van der Waals surface area (Å²) in [6.07, 6.45) is 2.46.